The van der Waals surface area contributed by atoms with Crippen LogP contribution in [-0.4, -0.2) is 44.0 Å². The summed E-state index contributed by atoms with van der Waals surface area (Å²) in [6.07, 6.45) is -0.0829. The first-order valence-electron chi connectivity index (χ1n) is 8.56. The predicted molar refractivity (Wildman–Crippen MR) is 106 cm³/mol. The van der Waals surface area contributed by atoms with Crippen molar-refractivity contribution in [2.45, 2.75) is 6.42 Å². The van der Waals surface area contributed by atoms with E-state index in [-0.39, 0.29) is 18.9 Å². The minimum atomic E-state index is -0.627. The van der Waals surface area contributed by atoms with Crippen molar-refractivity contribution in [3.05, 3.63) is 64.7 Å². The highest BCUT2D eigenvalue weighted by Gasteiger charge is 2.11. The van der Waals surface area contributed by atoms with Crippen LogP contribution in [-0.2, 0) is 19.1 Å². The van der Waals surface area contributed by atoms with E-state index < -0.39 is 24.5 Å². The second kappa shape index (κ2) is 10.8. The molecular weight excluding hydrogens is 400 g/mol. The fourth-order valence-electron chi connectivity index (χ4n) is 2.20. The van der Waals surface area contributed by atoms with Gasteiger partial charge in [-0.2, -0.15) is 0 Å². The number of hydrogen-bond acceptors (Lipinski definition) is 6. The summed E-state index contributed by atoms with van der Waals surface area (Å²) in [4.78, 5) is 46.8. The van der Waals surface area contributed by atoms with Gasteiger partial charge in [0.2, 0.25) is 0 Å². The summed E-state index contributed by atoms with van der Waals surface area (Å²) >= 11 is 5.75. The van der Waals surface area contributed by atoms with Crippen molar-refractivity contribution in [1.82, 2.24) is 5.32 Å². The van der Waals surface area contributed by atoms with Gasteiger partial charge >= 0.3 is 11.9 Å². The molecule has 0 spiro atoms. The molecule has 0 aromatic heterocycles. The molecule has 0 heterocycles. The maximum atomic E-state index is 11.9. The number of rotatable bonds is 8. The molecule has 0 atom stereocenters. The average molecular weight is 419 g/mol. The summed E-state index contributed by atoms with van der Waals surface area (Å²) in [6.45, 7) is -0.403. The number of benzene rings is 2. The quantitative estimate of drug-likeness (QED) is 0.637. The van der Waals surface area contributed by atoms with Crippen LogP contribution >= 0.6 is 11.6 Å². The highest BCUT2D eigenvalue weighted by Crippen LogP contribution is 2.11. The summed E-state index contributed by atoms with van der Waals surface area (Å²) in [5.74, 6) is -1.99. The third-order valence-corrected chi connectivity index (χ3v) is 3.93. The lowest BCUT2D eigenvalue weighted by Crippen LogP contribution is -2.27. The second-order valence-corrected chi connectivity index (χ2v) is 6.23. The Morgan fingerprint density at radius 2 is 1.55 bits per heavy atom. The zero-order chi connectivity index (χ0) is 21.2. The summed E-state index contributed by atoms with van der Waals surface area (Å²) in [6, 6.07) is 12.4. The van der Waals surface area contributed by atoms with Gasteiger partial charge in [-0.1, -0.05) is 11.6 Å². The van der Waals surface area contributed by atoms with Crippen molar-refractivity contribution < 1.29 is 28.7 Å². The fourth-order valence-corrected chi connectivity index (χ4v) is 2.33. The van der Waals surface area contributed by atoms with Crippen LogP contribution in [0.4, 0.5) is 5.69 Å². The Bertz CT molecular complexity index is 881. The predicted octanol–water partition coefficient (Wildman–Crippen LogP) is 2.43. The minimum Gasteiger partial charge on any atom is -0.465 e. The van der Waals surface area contributed by atoms with Gasteiger partial charge in [-0.05, 0) is 48.5 Å². The number of carbonyl (C=O) groups is 4. The van der Waals surface area contributed by atoms with E-state index in [1.165, 1.54) is 31.4 Å². The van der Waals surface area contributed by atoms with E-state index in [0.29, 0.717) is 21.8 Å². The van der Waals surface area contributed by atoms with E-state index in [1.807, 2.05) is 0 Å². The normalized spacial score (nSPS) is 10.0. The number of hydrogen-bond donors (Lipinski definition) is 2. The van der Waals surface area contributed by atoms with Crippen molar-refractivity contribution in [3.8, 4) is 0 Å². The molecule has 2 amide bonds. The zero-order valence-corrected chi connectivity index (χ0v) is 16.3. The molecule has 0 aliphatic rings. The molecule has 2 aromatic rings. The van der Waals surface area contributed by atoms with Crippen molar-refractivity contribution in [1.29, 1.82) is 0 Å². The molecule has 0 radical (unpaired) electrons. The van der Waals surface area contributed by atoms with E-state index >= 15 is 0 Å². The van der Waals surface area contributed by atoms with Crippen LogP contribution in [0.15, 0.2) is 48.5 Å². The Labute approximate surface area is 172 Å². The van der Waals surface area contributed by atoms with Crippen molar-refractivity contribution in [2.75, 3.05) is 25.6 Å². The molecule has 2 rings (SSSR count). The lowest BCUT2D eigenvalue weighted by atomic mass is 10.2. The molecular formula is C20H19ClN2O6. The fraction of sp³-hybridized carbons (Fsp3) is 0.200. The molecule has 0 aliphatic carbocycles. The van der Waals surface area contributed by atoms with Crippen LogP contribution in [0.2, 0.25) is 5.02 Å². The standard InChI is InChI=1S/C20H19ClN2O6/c1-28-20(27)14-4-8-16(9-5-14)23-17(24)12-29-18(25)10-11-22-19(26)13-2-6-15(21)7-3-13/h2-9H,10-12H2,1H3,(H,22,26)(H,23,24). The molecule has 0 fully saturated rings. The van der Waals surface area contributed by atoms with Gasteiger partial charge in [0.1, 0.15) is 0 Å². The number of nitrogens with one attached hydrogen (secondary N) is 2. The molecule has 0 saturated heterocycles. The monoisotopic (exact) mass is 418 g/mol. The Kier molecular flexibility index (Phi) is 8.17. The van der Waals surface area contributed by atoms with E-state index in [9.17, 15) is 19.2 Å². The van der Waals surface area contributed by atoms with Gasteiger partial charge in [-0.25, -0.2) is 4.79 Å². The summed E-state index contributed by atoms with van der Waals surface area (Å²) in [7, 11) is 1.27. The number of halogens is 1. The Morgan fingerprint density at radius 3 is 2.17 bits per heavy atom. The molecule has 2 N–H and O–H groups in total. The first kappa shape index (κ1) is 21.9. The minimum absolute atomic E-state index is 0.0664. The Hall–Kier alpha value is -3.39. The largest absolute Gasteiger partial charge is 0.465 e. The van der Waals surface area contributed by atoms with E-state index in [2.05, 4.69) is 15.4 Å². The SMILES string of the molecule is COC(=O)c1ccc(NC(=O)COC(=O)CCNC(=O)c2ccc(Cl)cc2)cc1. The van der Waals surface area contributed by atoms with Gasteiger partial charge in [0, 0.05) is 22.8 Å². The van der Waals surface area contributed by atoms with Crippen LogP contribution in [0, 0.1) is 0 Å². The molecule has 0 bridgehead atoms. The van der Waals surface area contributed by atoms with Crippen LogP contribution in [0.3, 0.4) is 0 Å². The number of methoxy groups -OCH3 is 1. The highest BCUT2D eigenvalue weighted by molar-refractivity contribution is 6.30. The van der Waals surface area contributed by atoms with Crippen LogP contribution in [0.1, 0.15) is 27.1 Å². The maximum absolute atomic E-state index is 11.9. The summed E-state index contributed by atoms with van der Waals surface area (Å²) in [5, 5.41) is 5.62. The van der Waals surface area contributed by atoms with E-state index in [4.69, 9.17) is 16.3 Å². The third-order valence-electron chi connectivity index (χ3n) is 3.68. The lowest BCUT2D eigenvalue weighted by Gasteiger charge is -2.08. The molecule has 29 heavy (non-hydrogen) atoms. The van der Waals surface area contributed by atoms with Crippen molar-refractivity contribution in [2.24, 2.45) is 0 Å². The van der Waals surface area contributed by atoms with Crippen LogP contribution in [0.5, 0.6) is 0 Å². The van der Waals surface area contributed by atoms with E-state index in [0.717, 1.165) is 0 Å². The number of anilines is 1. The molecule has 152 valence electrons. The first-order valence-corrected chi connectivity index (χ1v) is 8.94. The molecule has 8 nitrogen and oxygen atoms in total. The van der Waals surface area contributed by atoms with Gasteiger partial charge in [0.05, 0.1) is 19.1 Å². The summed E-state index contributed by atoms with van der Waals surface area (Å²) in [5.41, 5.74) is 1.20. The number of esters is 2. The smallest absolute Gasteiger partial charge is 0.337 e. The zero-order valence-electron chi connectivity index (χ0n) is 15.6. The first-order chi connectivity index (χ1) is 13.9. The van der Waals surface area contributed by atoms with Crippen molar-refractivity contribution in [3.63, 3.8) is 0 Å². The van der Waals surface area contributed by atoms with E-state index in [1.54, 1.807) is 24.3 Å². The molecule has 0 unspecified atom stereocenters. The molecule has 9 heteroatoms. The maximum Gasteiger partial charge on any atom is 0.337 e. The molecule has 0 aliphatic heterocycles. The van der Waals surface area contributed by atoms with Crippen molar-refractivity contribution >= 4 is 41.0 Å². The number of carbonyl (C=O) groups excluding carboxylic acids is 4. The lowest BCUT2D eigenvalue weighted by molar-refractivity contribution is -0.147. The van der Waals surface area contributed by atoms with Crippen LogP contribution < -0.4 is 10.6 Å². The number of amides is 2. The highest BCUT2D eigenvalue weighted by atomic mass is 35.5. The van der Waals surface area contributed by atoms with Gasteiger partial charge in [-0.3, -0.25) is 14.4 Å². The Morgan fingerprint density at radius 1 is 0.931 bits per heavy atom. The average Bonchev–Trinajstić information content (AvgIpc) is 2.72. The van der Waals surface area contributed by atoms with Gasteiger partial charge in [0.15, 0.2) is 6.61 Å². The third kappa shape index (κ3) is 7.27. The summed E-state index contributed by atoms with van der Waals surface area (Å²) < 4.78 is 9.45. The van der Waals surface area contributed by atoms with Gasteiger partial charge in [0.25, 0.3) is 11.8 Å². The molecule has 0 saturated carbocycles. The number of ether oxygens (including phenoxy) is 2. The van der Waals surface area contributed by atoms with Crippen LogP contribution in [0.25, 0.3) is 0 Å². The van der Waals surface area contributed by atoms with Gasteiger partial charge < -0.3 is 20.1 Å². The Balaban J connectivity index is 1.67. The topological polar surface area (TPSA) is 111 Å². The molecule has 2 aromatic carbocycles. The van der Waals surface area contributed by atoms with Gasteiger partial charge in [-0.15, -0.1) is 0 Å². The second-order valence-electron chi connectivity index (χ2n) is 5.79.